The van der Waals surface area contributed by atoms with Gasteiger partial charge >= 0.3 is 0 Å². The molecular weight excluding hydrogens is 328 g/mol. The van der Waals surface area contributed by atoms with E-state index in [9.17, 15) is 8.42 Å². The molecule has 1 unspecified atom stereocenters. The minimum Gasteiger partial charge on any atom is -0.371 e. The second kappa shape index (κ2) is 5.45. The molecular formula is C12H18N4O2S3. The molecule has 1 atom stereocenters. The van der Waals surface area contributed by atoms with Crippen molar-refractivity contribution in [3.05, 3.63) is 11.6 Å². The lowest BCUT2D eigenvalue weighted by molar-refractivity contribution is 0.549. The third-order valence-electron chi connectivity index (χ3n) is 3.65. The molecule has 1 aliphatic rings. The van der Waals surface area contributed by atoms with Gasteiger partial charge in [-0.05, 0) is 25.5 Å². The van der Waals surface area contributed by atoms with Crippen molar-refractivity contribution in [2.24, 2.45) is 0 Å². The van der Waals surface area contributed by atoms with Crippen LogP contribution in [-0.2, 0) is 10.0 Å². The SMILES string of the molecule is CNc1nc2sccn2c1S(=O)(=O)NCC1(C)CCCS1. The zero-order valence-corrected chi connectivity index (χ0v) is 14.4. The lowest BCUT2D eigenvalue weighted by atomic mass is 10.1. The third kappa shape index (κ3) is 2.79. The van der Waals surface area contributed by atoms with Crippen molar-refractivity contribution in [2.45, 2.75) is 29.5 Å². The summed E-state index contributed by atoms with van der Waals surface area (Å²) < 4.78 is 29.7. The van der Waals surface area contributed by atoms with E-state index in [1.807, 2.05) is 17.1 Å². The molecule has 1 saturated heterocycles. The molecule has 2 aromatic rings. The number of sulfonamides is 1. The van der Waals surface area contributed by atoms with Crippen LogP contribution in [0.1, 0.15) is 19.8 Å². The fourth-order valence-corrected chi connectivity index (χ4v) is 6.04. The van der Waals surface area contributed by atoms with Crippen LogP contribution in [0, 0.1) is 0 Å². The van der Waals surface area contributed by atoms with E-state index in [0.717, 1.165) is 18.6 Å². The number of hydrogen-bond donors (Lipinski definition) is 2. The molecule has 6 nitrogen and oxygen atoms in total. The highest BCUT2D eigenvalue weighted by Crippen LogP contribution is 2.37. The number of rotatable bonds is 5. The summed E-state index contributed by atoms with van der Waals surface area (Å²) in [4.78, 5) is 4.97. The number of imidazole rings is 1. The van der Waals surface area contributed by atoms with Crippen LogP contribution >= 0.6 is 23.1 Å². The largest absolute Gasteiger partial charge is 0.371 e. The first-order valence-electron chi connectivity index (χ1n) is 6.72. The molecule has 3 heterocycles. The second-order valence-corrected chi connectivity index (χ2v) is 9.54. The average molecular weight is 347 g/mol. The van der Waals surface area contributed by atoms with E-state index in [0.29, 0.717) is 17.3 Å². The zero-order chi connectivity index (χ0) is 15.1. The van der Waals surface area contributed by atoms with Crippen LogP contribution in [0.5, 0.6) is 0 Å². The molecule has 0 aromatic carbocycles. The topological polar surface area (TPSA) is 75.5 Å². The highest BCUT2D eigenvalue weighted by molar-refractivity contribution is 8.01. The molecule has 3 rings (SSSR count). The lowest BCUT2D eigenvalue weighted by Gasteiger charge is -2.22. The Hall–Kier alpha value is -0.770. The standard InChI is InChI=1S/C12H18N4O2S3/c1-12(4-3-6-20-12)8-14-21(17,18)10-9(13-2)15-11-16(10)5-7-19-11/h5,7,13-14H,3-4,6,8H2,1-2H3. The molecule has 116 valence electrons. The van der Waals surface area contributed by atoms with Crippen LogP contribution in [0.3, 0.4) is 0 Å². The number of nitrogens with zero attached hydrogens (tertiary/aromatic N) is 2. The Bertz CT molecular complexity index is 744. The molecule has 2 N–H and O–H groups in total. The van der Waals surface area contributed by atoms with Crippen LogP contribution in [0.4, 0.5) is 5.82 Å². The third-order valence-corrected chi connectivity index (χ3v) is 7.36. The van der Waals surface area contributed by atoms with Gasteiger partial charge in [0.2, 0.25) is 0 Å². The maximum atomic E-state index is 12.7. The molecule has 2 aromatic heterocycles. The van der Waals surface area contributed by atoms with E-state index in [2.05, 4.69) is 21.9 Å². The second-order valence-electron chi connectivity index (χ2n) is 5.30. The van der Waals surface area contributed by atoms with Gasteiger partial charge in [0.05, 0.1) is 0 Å². The molecule has 9 heteroatoms. The summed E-state index contributed by atoms with van der Waals surface area (Å²) in [6, 6.07) is 0. The van der Waals surface area contributed by atoms with Crippen molar-refractivity contribution in [3.8, 4) is 0 Å². The normalized spacial score (nSPS) is 23.0. The predicted molar refractivity (Wildman–Crippen MR) is 87.9 cm³/mol. The van der Waals surface area contributed by atoms with Crippen molar-refractivity contribution < 1.29 is 8.42 Å². The molecule has 0 spiro atoms. The Morgan fingerprint density at radius 2 is 2.33 bits per heavy atom. The molecule has 0 amide bonds. The van der Waals surface area contributed by atoms with E-state index < -0.39 is 10.0 Å². The fraction of sp³-hybridized carbons (Fsp3) is 0.583. The van der Waals surface area contributed by atoms with Crippen molar-refractivity contribution >= 4 is 43.9 Å². The molecule has 1 aliphatic heterocycles. The Morgan fingerprint density at radius 3 is 3.00 bits per heavy atom. The number of hydrogen-bond acceptors (Lipinski definition) is 6. The van der Waals surface area contributed by atoms with Gasteiger partial charge in [-0.2, -0.15) is 11.8 Å². The van der Waals surface area contributed by atoms with Crippen LogP contribution in [-0.4, -0.2) is 41.9 Å². The fourth-order valence-electron chi connectivity index (χ4n) is 2.48. The minimum atomic E-state index is -3.60. The first kappa shape index (κ1) is 15.1. The Morgan fingerprint density at radius 1 is 1.52 bits per heavy atom. The van der Waals surface area contributed by atoms with Gasteiger partial charge < -0.3 is 5.32 Å². The van der Waals surface area contributed by atoms with Crippen LogP contribution in [0.15, 0.2) is 16.6 Å². The van der Waals surface area contributed by atoms with Gasteiger partial charge in [-0.3, -0.25) is 4.40 Å². The van der Waals surface area contributed by atoms with E-state index in [1.54, 1.807) is 17.6 Å². The Labute approximate surface area is 132 Å². The van der Waals surface area contributed by atoms with Gasteiger partial charge in [-0.15, -0.1) is 11.3 Å². The Kier molecular flexibility index (Phi) is 3.93. The van der Waals surface area contributed by atoms with Crippen LogP contribution in [0.25, 0.3) is 4.96 Å². The van der Waals surface area contributed by atoms with Gasteiger partial charge in [-0.25, -0.2) is 18.1 Å². The summed E-state index contributed by atoms with van der Waals surface area (Å²) in [5, 5.41) is 4.88. The van der Waals surface area contributed by atoms with Gasteiger partial charge in [0.15, 0.2) is 15.8 Å². The molecule has 0 radical (unpaired) electrons. The van der Waals surface area contributed by atoms with Crippen molar-refractivity contribution in [1.29, 1.82) is 0 Å². The van der Waals surface area contributed by atoms with E-state index in [4.69, 9.17) is 0 Å². The van der Waals surface area contributed by atoms with Gasteiger partial charge in [0.25, 0.3) is 10.0 Å². The number of fused-ring (bicyclic) bond motifs is 1. The maximum absolute atomic E-state index is 12.7. The Balaban J connectivity index is 1.90. The number of aromatic nitrogens is 2. The van der Waals surface area contributed by atoms with Crippen LogP contribution < -0.4 is 10.0 Å². The quantitative estimate of drug-likeness (QED) is 0.866. The number of nitrogens with one attached hydrogen (secondary N) is 2. The summed E-state index contributed by atoms with van der Waals surface area (Å²) in [5.74, 6) is 1.49. The monoisotopic (exact) mass is 346 g/mol. The van der Waals surface area contributed by atoms with Gasteiger partial charge in [0.1, 0.15) is 0 Å². The van der Waals surface area contributed by atoms with E-state index in [1.165, 1.54) is 11.3 Å². The van der Waals surface area contributed by atoms with Gasteiger partial charge in [-0.1, -0.05) is 0 Å². The summed E-state index contributed by atoms with van der Waals surface area (Å²) in [6.07, 6.45) is 3.92. The van der Waals surface area contributed by atoms with Crippen molar-refractivity contribution in [3.63, 3.8) is 0 Å². The minimum absolute atomic E-state index is 0.00860. The average Bonchev–Trinajstić information content (AvgIpc) is 3.11. The first-order valence-corrected chi connectivity index (χ1v) is 10.1. The van der Waals surface area contributed by atoms with Crippen LogP contribution in [0.2, 0.25) is 0 Å². The highest BCUT2D eigenvalue weighted by atomic mass is 32.2. The lowest BCUT2D eigenvalue weighted by Crippen LogP contribution is -2.37. The van der Waals surface area contributed by atoms with Crippen molar-refractivity contribution in [1.82, 2.24) is 14.1 Å². The van der Waals surface area contributed by atoms with E-state index in [-0.39, 0.29) is 9.77 Å². The van der Waals surface area contributed by atoms with Crippen molar-refractivity contribution in [2.75, 3.05) is 24.7 Å². The zero-order valence-electron chi connectivity index (χ0n) is 11.9. The molecule has 0 bridgehead atoms. The molecule has 21 heavy (non-hydrogen) atoms. The number of thiazole rings is 1. The molecule has 0 aliphatic carbocycles. The van der Waals surface area contributed by atoms with Gasteiger partial charge in [0, 0.05) is 29.9 Å². The smallest absolute Gasteiger partial charge is 0.260 e. The number of anilines is 1. The molecule has 1 fully saturated rings. The summed E-state index contributed by atoms with van der Waals surface area (Å²) in [7, 11) is -1.92. The summed E-state index contributed by atoms with van der Waals surface area (Å²) >= 11 is 3.25. The maximum Gasteiger partial charge on any atom is 0.260 e. The summed E-state index contributed by atoms with van der Waals surface area (Å²) in [6.45, 7) is 2.56. The number of thioether (sulfide) groups is 1. The van der Waals surface area contributed by atoms with E-state index >= 15 is 0 Å². The summed E-state index contributed by atoms with van der Waals surface area (Å²) in [5.41, 5.74) is 0. The first-order chi connectivity index (χ1) is 9.95. The predicted octanol–water partition coefficient (Wildman–Crippen LogP) is 2.00. The highest BCUT2D eigenvalue weighted by Gasteiger charge is 2.33. The molecule has 0 saturated carbocycles.